The number of alkyl halides is 3. The minimum Gasteiger partial charge on any atom is -0.406 e. The van der Waals surface area contributed by atoms with Crippen LogP contribution in [0.4, 0.5) is 13.2 Å². The lowest BCUT2D eigenvalue weighted by Gasteiger charge is -2.31. The van der Waals surface area contributed by atoms with Crippen molar-refractivity contribution in [1.29, 1.82) is 0 Å². The van der Waals surface area contributed by atoms with Gasteiger partial charge in [0.1, 0.15) is 11.5 Å². The summed E-state index contributed by atoms with van der Waals surface area (Å²) in [6.45, 7) is 7.53. The predicted octanol–water partition coefficient (Wildman–Crippen LogP) is 6.31. The molecular weight excluding hydrogens is 563 g/mol. The Kier molecular flexibility index (Phi) is 7.80. The summed E-state index contributed by atoms with van der Waals surface area (Å²) in [6.07, 6.45) is -2.46. The Morgan fingerprint density at radius 2 is 1.95 bits per heavy atom. The minimum atomic E-state index is -4.78. The molecule has 2 aromatic carbocycles. The van der Waals surface area contributed by atoms with Crippen LogP contribution in [-0.4, -0.2) is 43.9 Å². The van der Waals surface area contributed by atoms with Crippen LogP contribution >= 0.6 is 0 Å². The summed E-state index contributed by atoms with van der Waals surface area (Å²) in [6, 6.07) is 9.98. The first-order valence-electron chi connectivity index (χ1n) is 14.4. The van der Waals surface area contributed by atoms with E-state index in [1.807, 2.05) is 26.0 Å². The zero-order chi connectivity index (χ0) is 30.3. The first kappa shape index (κ1) is 29.0. The number of aryl methyl sites for hydroxylation is 2. The van der Waals surface area contributed by atoms with E-state index in [4.69, 9.17) is 9.05 Å². The Bertz CT molecular complexity index is 1630. The van der Waals surface area contributed by atoms with E-state index in [-0.39, 0.29) is 29.3 Å². The predicted molar refractivity (Wildman–Crippen MR) is 148 cm³/mol. The number of Topliss-reactive ketones (excluding diaryl/α,β-unsaturated/α-hetero) is 1. The van der Waals surface area contributed by atoms with E-state index >= 15 is 0 Å². The molecule has 1 aliphatic heterocycles. The maximum atomic E-state index is 13.1. The normalized spacial score (nSPS) is 18.6. The molecule has 0 spiro atoms. The number of nitrogens with zero attached hydrogens (tertiary/aromatic N) is 5. The van der Waals surface area contributed by atoms with Gasteiger partial charge >= 0.3 is 6.36 Å². The van der Waals surface area contributed by atoms with Gasteiger partial charge in [0, 0.05) is 37.3 Å². The van der Waals surface area contributed by atoms with Crippen molar-refractivity contribution in [3.8, 4) is 16.9 Å². The molecule has 2 aliphatic rings. The molecule has 1 aliphatic carbocycles. The molecule has 12 heteroatoms. The monoisotopic (exact) mass is 595 g/mol. The van der Waals surface area contributed by atoms with Crippen LogP contribution in [0.5, 0.6) is 5.75 Å². The summed E-state index contributed by atoms with van der Waals surface area (Å²) in [5, 5.41) is 7.97. The smallest absolute Gasteiger partial charge is 0.406 e. The topological polar surface area (TPSA) is 107 Å². The minimum absolute atomic E-state index is 0.0163. The van der Waals surface area contributed by atoms with Gasteiger partial charge in [-0.05, 0) is 66.1 Å². The van der Waals surface area contributed by atoms with Gasteiger partial charge in [0.25, 0.3) is 0 Å². The number of carbonyl (C=O) groups is 1. The molecular formula is C31H32F3N5O4. The zero-order valence-electron chi connectivity index (χ0n) is 24.1. The molecule has 0 radical (unpaired) electrons. The van der Waals surface area contributed by atoms with E-state index in [1.54, 1.807) is 19.1 Å². The quantitative estimate of drug-likeness (QED) is 0.208. The van der Waals surface area contributed by atoms with Crippen LogP contribution in [0.25, 0.3) is 11.1 Å². The Labute approximate surface area is 246 Å². The second-order valence-electron chi connectivity index (χ2n) is 11.6. The maximum absolute atomic E-state index is 13.1. The molecule has 9 nitrogen and oxygen atoms in total. The summed E-state index contributed by atoms with van der Waals surface area (Å²) in [5.41, 5.74) is 4.68. The zero-order valence-corrected chi connectivity index (χ0v) is 24.1. The lowest BCUT2D eigenvalue weighted by Crippen LogP contribution is -2.31. The first-order chi connectivity index (χ1) is 20.5. The van der Waals surface area contributed by atoms with Crippen molar-refractivity contribution in [1.82, 2.24) is 25.2 Å². The van der Waals surface area contributed by atoms with Crippen molar-refractivity contribution in [3.63, 3.8) is 0 Å². The molecule has 0 saturated heterocycles. The van der Waals surface area contributed by atoms with Gasteiger partial charge in [-0.3, -0.25) is 9.69 Å². The highest BCUT2D eigenvalue weighted by Crippen LogP contribution is 2.48. The lowest BCUT2D eigenvalue weighted by molar-refractivity contribution is -0.274. The van der Waals surface area contributed by atoms with Gasteiger partial charge in [-0.2, -0.15) is 9.97 Å². The molecule has 43 heavy (non-hydrogen) atoms. The number of halogens is 3. The first-order valence-corrected chi connectivity index (χ1v) is 14.4. The fourth-order valence-corrected chi connectivity index (χ4v) is 5.79. The molecule has 1 fully saturated rings. The number of aromatic nitrogens is 4. The van der Waals surface area contributed by atoms with Crippen LogP contribution in [0.15, 0.2) is 45.4 Å². The van der Waals surface area contributed by atoms with Crippen LogP contribution in [0.3, 0.4) is 0 Å². The number of carbonyl (C=O) groups excluding carboxylic acids is 1. The van der Waals surface area contributed by atoms with Crippen LogP contribution < -0.4 is 4.74 Å². The summed E-state index contributed by atoms with van der Waals surface area (Å²) in [7, 11) is 0. The third kappa shape index (κ3) is 6.64. The van der Waals surface area contributed by atoms with E-state index in [1.165, 1.54) is 12.1 Å². The highest BCUT2D eigenvalue weighted by atomic mass is 19.4. The Hall–Kier alpha value is -4.06. The number of benzene rings is 2. The molecule has 226 valence electrons. The summed E-state index contributed by atoms with van der Waals surface area (Å²) in [4.78, 5) is 24.1. The van der Waals surface area contributed by atoms with Crippen LogP contribution in [0.1, 0.15) is 78.6 Å². The van der Waals surface area contributed by atoms with Crippen LogP contribution in [0, 0.1) is 12.8 Å². The third-order valence-corrected chi connectivity index (χ3v) is 8.01. The van der Waals surface area contributed by atoms with Crippen molar-refractivity contribution in [2.24, 2.45) is 5.92 Å². The number of hydrogen-bond donors (Lipinski definition) is 0. The average Bonchev–Trinajstić information content (AvgIpc) is 3.41. The molecule has 0 amide bonds. The van der Waals surface area contributed by atoms with Gasteiger partial charge in [-0.1, -0.05) is 48.4 Å². The second-order valence-corrected chi connectivity index (χ2v) is 11.6. The molecule has 3 heterocycles. The second kappa shape index (κ2) is 11.6. The molecule has 0 N–H and O–H groups in total. The van der Waals surface area contributed by atoms with Gasteiger partial charge in [0.05, 0.1) is 6.54 Å². The number of hydrogen-bond acceptors (Lipinski definition) is 9. The van der Waals surface area contributed by atoms with Gasteiger partial charge in [-0.15, -0.1) is 13.2 Å². The highest BCUT2D eigenvalue weighted by Gasteiger charge is 2.47. The van der Waals surface area contributed by atoms with E-state index in [9.17, 15) is 18.0 Å². The summed E-state index contributed by atoms with van der Waals surface area (Å²) >= 11 is 0. The highest BCUT2D eigenvalue weighted by molar-refractivity contribution is 5.85. The molecule has 2 aromatic heterocycles. The summed E-state index contributed by atoms with van der Waals surface area (Å²) in [5.74, 6) is 2.16. The molecule has 0 bridgehead atoms. The Morgan fingerprint density at radius 3 is 2.67 bits per heavy atom. The van der Waals surface area contributed by atoms with E-state index in [0.29, 0.717) is 74.3 Å². The summed E-state index contributed by atoms with van der Waals surface area (Å²) < 4.78 is 53.6. The molecule has 4 aromatic rings. The van der Waals surface area contributed by atoms with E-state index in [2.05, 4.69) is 29.9 Å². The van der Waals surface area contributed by atoms with Crippen LogP contribution in [-0.2, 0) is 30.7 Å². The standard InChI is InChI=1S/C31H32F3N5O4/c1-17(2)29-36-28(38-42-29)16-39-12-11-23-22(20-5-4-6-21(13-20)41-31(32,33)34)9-7-19(26(23)15-39)8-10-27(40)24-14-25(24)30-35-18(3)37-43-30/h4-7,9,13,17,24-25H,8,10-12,14-16H2,1-3H3/t24?,25-/m1/s1. The maximum Gasteiger partial charge on any atom is 0.573 e. The van der Waals surface area contributed by atoms with Crippen LogP contribution in [0.2, 0.25) is 0 Å². The van der Waals surface area contributed by atoms with Crippen molar-refractivity contribution in [2.75, 3.05) is 6.54 Å². The van der Waals surface area contributed by atoms with E-state index in [0.717, 1.165) is 22.3 Å². The van der Waals surface area contributed by atoms with Gasteiger partial charge in [0.15, 0.2) is 11.6 Å². The number of ketones is 1. The largest absolute Gasteiger partial charge is 0.573 e. The van der Waals surface area contributed by atoms with Crippen molar-refractivity contribution >= 4 is 5.78 Å². The average molecular weight is 596 g/mol. The lowest BCUT2D eigenvalue weighted by atomic mass is 9.86. The number of rotatable bonds is 10. The van der Waals surface area contributed by atoms with Gasteiger partial charge in [-0.25, -0.2) is 0 Å². The SMILES string of the molecule is Cc1noc([C@@H]2CC2C(=O)CCc2ccc(-c3cccc(OC(F)(F)F)c3)c3c2CN(Cc2noc(C(C)C)n2)CC3)n1. The van der Waals surface area contributed by atoms with Crippen molar-refractivity contribution in [2.45, 2.75) is 77.7 Å². The molecule has 1 unspecified atom stereocenters. The number of ether oxygens (including phenoxy) is 1. The van der Waals surface area contributed by atoms with E-state index < -0.39 is 6.36 Å². The Balaban J connectivity index is 1.24. The fourth-order valence-electron chi connectivity index (χ4n) is 5.79. The fraction of sp³-hybridized carbons (Fsp3) is 0.452. The van der Waals surface area contributed by atoms with Gasteiger partial charge in [0.2, 0.25) is 11.8 Å². The van der Waals surface area contributed by atoms with Crippen molar-refractivity contribution in [3.05, 3.63) is 76.5 Å². The molecule has 2 atom stereocenters. The van der Waals surface area contributed by atoms with Crippen molar-refractivity contribution < 1.29 is 31.7 Å². The van der Waals surface area contributed by atoms with Gasteiger partial charge < -0.3 is 13.8 Å². The number of fused-ring (bicyclic) bond motifs is 1. The molecule has 1 saturated carbocycles. The Morgan fingerprint density at radius 1 is 1.12 bits per heavy atom. The third-order valence-electron chi connectivity index (χ3n) is 8.01. The molecule has 6 rings (SSSR count).